The monoisotopic (exact) mass is 591 g/mol. The lowest BCUT2D eigenvalue weighted by Gasteiger charge is -2.22. The topological polar surface area (TPSA) is 112 Å². The van der Waals surface area contributed by atoms with Crippen LogP contribution >= 0.6 is 0 Å². The number of carbonyl (C=O) groups excluding carboxylic acids is 2. The standard InChI is InChI=1S/C28H23F6N5O3/c1-42-14-19-12-24(28(32,33)34)38-39(19)13-25(40)37-23(9-15-7-17(29)11-18(30)8-15)26-20(3-2-6-36-26)16-4-5-22(31)21(10-16)27(35)41/h2-8,10-12,23H,9,13-14H2,1H3,(H2,35,41)(H,37,40)/t23-/m0/s1. The Bertz CT molecular complexity index is 1600. The van der Waals surface area contributed by atoms with Crippen molar-refractivity contribution in [2.24, 2.45) is 5.73 Å². The number of carbonyl (C=O) groups is 2. The Hall–Kier alpha value is -4.72. The number of hydrogen-bond acceptors (Lipinski definition) is 5. The summed E-state index contributed by atoms with van der Waals surface area (Å²) >= 11 is 0. The summed E-state index contributed by atoms with van der Waals surface area (Å²) in [4.78, 5) is 29.3. The molecule has 2 aromatic heterocycles. The Morgan fingerprint density at radius 3 is 2.40 bits per heavy atom. The van der Waals surface area contributed by atoms with Crippen molar-refractivity contribution in [3.8, 4) is 11.1 Å². The molecule has 0 fully saturated rings. The van der Waals surface area contributed by atoms with Crippen LogP contribution in [0.1, 0.15) is 39.0 Å². The fourth-order valence-corrected chi connectivity index (χ4v) is 4.37. The fraction of sp³-hybridized carbons (Fsp3) is 0.214. The van der Waals surface area contributed by atoms with Gasteiger partial charge >= 0.3 is 6.18 Å². The first-order chi connectivity index (χ1) is 19.8. The van der Waals surface area contributed by atoms with E-state index in [2.05, 4.69) is 15.4 Å². The zero-order valence-corrected chi connectivity index (χ0v) is 21.9. The molecule has 2 aromatic carbocycles. The number of halogens is 6. The molecule has 2 amide bonds. The number of ether oxygens (including phenoxy) is 1. The minimum absolute atomic E-state index is 0.0208. The summed E-state index contributed by atoms with van der Waals surface area (Å²) in [6, 6.07) is 9.08. The van der Waals surface area contributed by atoms with E-state index < -0.39 is 59.3 Å². The molecule has 4 aromatic rings. The number of nitrogens with zero attached hydrogens (tertiary/aromatic N) is 3. The molecular weight excluding hydrogens is 568 g/mol. The fourth-order valence-electron chi connectivity index (χ4n) is 4.37. The van der Waals surface area contributed by atoms with Gasteiger partial charge in [0.15, 0.2) is 5.69 Å². The number of rotatable bonds is 10. The van der Waals surface area contributed by atoms with E-state index >= 15 is 0 Å². The van der Waals surface area contributed by atoms with E-state index in [4.69, 9.17) is 10.5 Å². The molecule has 0 aliphatic heterocycles. The van der Waals surface area contributed by atoms with Crippen LogP contribution in [0.2, 0.25) is 0 Å². The van der Waals surface area contributed by atoms with Gasteiger partial charge in [-0.1, -0.05) is 12.1 Å². The zero-order valence-electron chi connectivity index (χ0n) is 21.9. The number of nitrogens with two attached hydrogens (primary N) is 1. The summed E-state index contributed by atoms with van der Waals surface area (Å²) < 4.78 is 87.8. The van der Waals surface area contributed by atoms with E-state index in [1.165, 1.54) is 31.5 Å². The van der Waals surface area contributed by atoms with Crippen molar-refractivity contribution in [3.63, 3.8) is 0 Å². The van der Waals surface area contributed by atoms with Crippen molar-refractivity contribution >= 4 is 11.8 Å². The maximum absolute atomic E-state index is 14.2. The molecule has 0 aliphatic carbocycles. The molecule has 3 N–H and O–H groups in total. The molecule has 0 bridgehead atoms. The first-order valence-corrected chi connectivity index (χ1v) is 12.3. The SMILES string of the molecule is COCc1cc(C(F)(F)F)nn1CC(=O)N[C@@H](Cc1cc(F)cc(F)c1)c1ncccc1-c1ccc(F)c(C(N)=O)c1. The Labute approximate surface area is 235 Å². The molecule has 0 aliphatic rings. The minimum Gasteiger partial charge on any atom is -0.378 e. The third-order valence-electron chi connectivity index (χ3n) is 6.15. The second-order valence-corrected chi connectivity index (χ2v) is 9.21. The quantitative estimate of drug-likeness (QED) is 0.259. The second-order valence-electron chi connectivity index (χ2n) is 9.21. The minimum atomic E-state index is -4.77. The maximum Gasteiger partial charge on any atom is 0.435 e. The van der Waals surface area contributed by atoms with E-state index in [-0.39, 0.29) is 30.0 Å². The molecule has 42 heavy (non-hydrogen) atoms. The first kappa shape index (κ1) is 30.2. The Morgan fingerprint density at radius 1 is 1.05 bits per heavy atom. The van der Waals surface area contributed by atoms with Crippen LogP contribution in [0.5, 0.6) is 0 Å². The van der Waals surface area contributed by atoms with Crippen molar-refractivity contribution in [2.45, 2.75) is 31.8 Å². The normalized spacial score (nSPS) is 12.3. The molecule has 0 radical (unpaired) electrons. The van der Waals surface area contributed by atoms with Crippen LogP contribution in [0, 0.1) is 17.5 Å². The van der Waals surface area contributed by atoms with Gasteiger partial charge in [0.25, 0.3) is 5.91 Å². The summed E-state index contributed by atoms with van der Waals surface area (Å²) in [5, 5.41) is 6.13. The van der Waals surface area contributed by atoms with Crippen molar-refractivity contribution < 1.29 is 40.7 Å². The highest BCUT2D eigenvalue weighted by molar-refractivity contribution is 5.94. The van der Waals surface area contributed by atoms with Crippen LogP contribution in [0.25, 0.3) is 11.1 Å². The Balaban J connectivity index is 1.74. The number of hydrogen-bond donors (Lipinski definition) is 2. The van der Waals surface area contributed by atoms with Gasteiger partial charge in [-0.15, -0.1) is 0 Å². The molecule has 14 heteroatoms. The molecule has 0 unspecified atom stereocenters. The summed E-state index contributed by atoms with van der Waals surface area (Å²) in [5.74, 6) is -4.44. The third-order valence-corrected chi connectivity index (χ3v) is 6.15. The van der Waals surface area contributed by atoms with Crippen LogP contribution < -0.4 is 11.1 Å². The lowest BCUT2D eigenvalue weighted by molar-refractivity contribution is -0.141. The van der Waals surface area contributed by atoms with E-state index in [0.717, 1.165) is 28.9 Å². The largest absolute Gasteiger partial charge is 0.435 e. The van der Waals surface area contributed by atoms with Crippen molar-refractivity contribution in [1.82, 2.24) is 20.1 Å². The summed E-state index contributed by atoms with van der Waals surface area (Å²) in [6.45, 7) is -0.924. The third kappa shape index (κ3) is 7.13. The molecule has 4 rings (SSSR count). The van der Waals surface area contributed by atoms with E-state index in [1.807, 2.05) is 0 Å². The molecule has 2 heterocycles. The number of nitrogens with one attached hydrogen (secondary N) is 1. The number of primary amides is 1. The summed E-state index contributed by atoms with van der Waals surface area (Å²) in [7, 11) is 1.26. The molecule has 220 valence electrons. The number of alkyl halides is 3. The number of pyridine rings is 1. The van der Waals surface area contributed by atoms with Gasteiger partial charge in [-0.3, -0.25) is 19.3 Å². The van der Waals surface area contributed by atoms with E-state index in [1.54, 1.807) is 6.07 Å². The van der Waals surface area contributed by atoms with Crippen molar-refractivity contribution in [2.75, 3.05) is 7.11 Å². The van der Waals surface area contributed by atoms with Gasteiger partial charge in [-0.2, -0.15) is 18.3 Å². The van der Waals surface area contributed by atoms with Gasteiger partial charge in [0.05, 0.1) is 29.6 Å². The number of benzene rings is 2. The van der Waals surface area contributed by atoms with E-state index in [9.17, 15) is 35.9 Å². The predicted octanol–water partition coefficient (Wildman–Crippen LogP) is 4.73. The Kier molecular flexibility index (Phi) is 8.95. The highest BCUT2D eigenvalue weighted by Crippen LogP contribution is 2.31. The molecule has 0 saturated heterocycles. The first-order valence-electron chi connectivity index (χ1n) is 12.3. The van der Waals surface area contributed by atoms with Gasteiger partial charge < -0.3 is 15.8 Å². The maximum atomic E-state index is 14.2. The Morgan fingerprint density at radius 2 is 1.76 bits per heavy atom. The summed E-state index contributed by atoms with van der Waals surface area (Å²) in [6.07, 6.45) is -3.59. The van der Waals surface area contributed by atoms with Crippen molar-refractivity contribution in [3.05, 3.63) is 106 Å². The number of methoxy groups -OCH3 is 1. The van der Waals surface area contributed by atoms with Crippen molar-refractivity contribution in [1.29, 1.82) is 0 Å². The molecule has 1 atom stereocenters. The number of aromatic nitrogens is 3. The van der Waals surface area contributed by atoms with Gasteiger partial charge in [-0.25, -0.2) is 13.2 Å². The van der Waals surface area contributed by atoms with Gasteiger partial charge in [-0.05, 0) is 53.9 Å². The molecular formula is C28H23F6N5O3. The van der Waals surface area contributed by atoms with Crippen LogP contribution in [-0.4, -0.2) is 33.7 Å². The van der Waals surface area contributed by atoms with Crippen LogP contribution in [0.3, 0.4) is 0 Å². The van der Waals surface area contributed by atoms with Gasteiger partial charge in [0.2, 0.25) is 5.91 Å². The highest BCUT2D eigenvalue weighted by Gasteiger charge is 2.35. The zero-order chi connectivity index (χ0) is 30.6. The van der Waals surface area contributed by atoms with Crippen LogP contribution in [0.15, 0.2) is 60.8 Å². The second kappa shape index (κ2) is 12.4. The van der Waals surface area contributed by atoms with Crippen LogP contribution in [0.4, 0.5) is 26.3 Å². The average Bonchev–Trinajstić information content (AvgIpc) is 3.31. The highest BCUT2D eigenvalue weighted by atomic mass is 19.4. The predicted molar refractivity (Wildman–Crippen MR) is 137 cm³/mol. The lowest BCUT2D eigenvalue weighted by atomic mass is 9.94. The smallest absolute Gasteiger partial charge is 0.378 e. The molecule has 0 spiro atoms. The van der Waals surface area contributed by atoms with Crippen LogP contribution in [-0.2, 0) is 35.3 Å². The molecule has 0 saturated carbocycles. The number of amides is 2. The van der Waals surface area contributed by atoms with E-state index in [0.29, 0.717) is 17.2 Å². The summed E-state index contributed by atoms with van der Waals surface area (Å²) in [5.41, 5.74) is 4.54. The van der Waals surface area contributed by atoms with Gasteiger partial charge in [0.1, 0.15) is 24.0 Å². The molecule has 8 nitrogen and oxygen atoms in total. The lowest BCUT2D eigenvalue weighted by Crippen LogP contribution is -2.34. The van der Waals surface area contributed by atoms with Gasteiger partial charge in [0, 0.05) is 24.9 Å². The average molecular weight is 592 g/mol.